The zero-order chi connectivity index (χ0) is 11.1. The number of hydrogen-bond donors (Lipinski definition) is 2. The molecule has 2 N–H and O–H groups in total. The first-order chi connectivity index (χ1) is 7.22. The minimum absolute atomic E-state index is 0.0483. The Bertz CT molecular complexity index is 341. The maximum absolute atomic E-state index is 11.1. The first-order valence-corrected chi connectivity index (χ1v) is 4.93. The van der Waals surface area contributed by atoms with Crippen molar-refractivity contribution in [1.29, 1.82) is 0 Å². The molecule has 0 aliphatic carbocycles. The van der Waals surface area contributed by atoms with E-state index in [0.717, 1.165) is 5.69 Å². The highest BCUT2D eigenvalue weighted by molar-refractivity contribution is 6.28. The van der Waals surface area contributed by atoms with Crippen LogP contribution in [0.25, 0.3) is 0 Å². The van der Waals surface area contributed by atoms with Crippen LogP contribution in [-0.4, -0.2) is 24.2 Å². The summed E-state index contributed by atoms with van der Waals surface area (Å²) < 4.78 is 0. The van der Waals surface area contributed by atoms with Crippen molar-refractivity contribution in [1.82, 2.24) is 5.32 Å². The average Bonchev–Trinajstić information content (AvgIpc) is 2.27. The Balaban J connectivity index is 2.32. The highest BCUT2D eigenvalue weighted by atomic mass is 35.5. The Morgan fingerprint density at radius 2 is 1.80 bits per heavy atom. The quantitative estimate of drug-likeness (QED) is 0.753. The zero-order valence-electron chi connectivity index (χ0n) is 8.00. The van der Waals surface area contributed by atoms with E-state index in [4.69, 9.17) is 11.6 Å². The number of rotatable bonds is 4. The topological polar surface area (TPSA) is 58.2 Å². The third-order valence-corrected chi connectivity index (χ3v) is 1.87. The molecule has 0 saturated heterocycles. The van der Waals surface area contributed by atoms with Crippen molar-refractivity contribution < 1.29 is 9.59 Å². The SMILES string of the molecule is O=C(CCl)NC(=O)CNc1ccccc1. The van der Waals surface area contributed by atoms with Crippen LogP contribution < -0.4 is 10.6 Å². The van der Waals surface area contributed by atoms with E-state index in [1.54, 1.807) is 0 Å². The summed E-state index contributed by atoms with van der Waals surface area (Å²) in [6.45, 7) is 0.0483. The number of imide groups is 1. The first-order valence-electron chi connectivity index (χ1n) is 4.40. The van der Waals surface area contributed by atoms with Gasteiger partial charge in [0, 0.05) is 5.69 Å². The fraction of sp³-hybridized carbons (Fsp3) is 0.200. The predicted octanol–water partition coefficient (Wildman–Crippen LogP) is 0.980. The minimum Gasteiger partial charge on any atom is -0.376 e. The number of para-hydroxylation sites is 1. The van der Waals surface area contributed by atoms with Crippen molar-refractivity contribution in [3.63, 3.8) is 0 Å². The van der Waals surface area contributed by atoms with Crippen molar-refractivity contribution >= 4 is 29.1 Å². The lowest BCUT2D eigenvalue weighted by Crippen LogP contribution is -2.35. The Kier molecular flexibility index (Phi) is 4.63. The van der Waals surface area contributed by atoms with Gasteiger partial charge in [0.2, 0.25) is 11.8 Å². The Morgan fingerprint density at radius 3 is 2.40 bits per heavy atom. The van der Waals surface area contributed by atoms with Crippen LogP contribution in [0.1, 0.15) is 0 Å². The summed E-state index contributed by atoms with van der Waals surface area (Å²) in [5, 5.41) is 4.99. The lowest BCUT2D eigenvalue weighted by Gasteiger charge is -2.05. The molecule has 0 spiro atoms. The van der Waals surface area contributed by atoms with E-state index in [1.165, 1.54) is 0 Å². The number of carbonyl (C=O) groups is 2. The monoisotopic (exact) mass is 226 g/mol. The molecule has 4 nitrogen and oxygen atoms in total. The fourth-order valence-electron chi connectivity index (χ4n) is 0.971. The molecule has 0 radical (unpaired) electrons. The maximum Gasteiger partial charge on any atom is 0.245 e. The lowest BCUT2D eigenvalue weighted by atomic mass is 10.3. The van der Waals surface area contributed by atoms with Gasteiger partial charge in [0.15, 0.2) is 0 Å². The molecule has 2 amide bonds. The molecule has 0 aromatic heterocycles. The molecule has 0 heterocycles. The Morgan fingerprint density at radius 1 is 1.13 bits per heavy atom. The van der Waals surface area contributed by atoms with Gasteiger partial charge in [-0.05, 0) is 12.1 Å². The molecule has 0 aliphatic rings. The van der Waals surface area contributed by atoms with E-state index in [9.17, 15) is 9.59 Å². The van der Waals surface area contributed by atoms with Gasteiger partial charge < -0.3 is 5.32 Å². The summed E-state index contributed by atoms with van der Waals surface area (Å²) >= 11 is 5.23. The second-order valence-corrected chi connectivity index (χ2v) is 3.09. The van der Waals surface area contributed by atoms with Gasteiger partial charge >= 0.3 is 0 Å². The maximum atomic E-state index is 11.1. The molecule has 0 saturated carbocycles. The van der Waals surface area contributed by atoms with Crippen LogP contribution in [0.4, 0.5) is 5.69 Å². The second kappa shape index (κ2) is 6.03. The van der Waals surface area contributed by atoms with Crippen LogP contribution >= 0.6 is 11.6 Å². The van der Waals surface area contributed by atoms with E-state index in [1.807, 2.05) is 30.3 Å². The third kappa shape index (κ3) is 4.46. The molecule has 0 fully saturated rings. The molecule has 5 heteroatoms. The smallest absolute Gasteiger partial charge is 0.245 e. The normalized spacial score (nSPS) is 9.40. The third-order valence-electron chi connectivity index (χ3n) is 1.63. The van der Waals surface area contributed by atoms with Crippen molar-refractivity contribution in [2.45, 2.75) is 0 Å². The lowest BCUT2D eigenvalue weighted by molar-refractivity contribution is -0.128. The highest BCUT2D eigenvalue weighted by Crippen LogP contribution is 2.03. The van der Waals surface area contributed by atoms with Gasteiger partial charge in [0.25, 0.3) is 0 Å². The molecule has 0 atom stereocenters. The summed E-state index contributed by atoms with van der Waals surface area (Å²) in [6, 6.07) is 9.24. The van der Waals surface area contributed by atoms with Gasteiger partial charge in [0.05, 0.1) is 6.54 Å². The van der Waals surface area contributed by atoms with Crippen LogP contribution in [0.5, 0.6) is 0 Å². The van der Waals surface area contributed by atoms with E-state index in [0.29, 0.717) is 0 Å². The minimum atomic E-state index is -0.489. The number of anilines is 1. The summed E-state index contributed by atoms with van der Waals surface area (Å²) in [6.07, 6.45) is 0. The van der Waals surface area contributed by atoms with Gasteiger partial charge in [-0.1, -0.05) is 18.2 Å². The molecule has 0 bridgehead atoms. The summed E-state index contributed by atoms with van der Waals surface area (Å²) in [5.74, 6) is -1.10. The molecule has 0 aliphatic heterocycles. The van der Waals surface area contributed by atoms with Gasteiger partial charge in [0.1, 0.15) is 5.88 Å². The number of amides is 2. The van der Waals surface area contributed by atoms with E-state index < -0.39 is 11.8 Å². The Labute approximate surface area is 92.6 Å². The number of benzene rings is 1. The summed E-state index contributed by atoms with van der Waals surface area (Å²) in [7, 11) is 0. The highest BCUT2D eigenvalue weighted by Gasteiger charge is 2.05. The average molecular weight is 227 g/mol. The number of nitrogens with one attached hydrogen (secondary N) is 2. The van der Waals surface area contributed by atoms with Crippen molar-refractivity contribution in [2.75, 3.05) is 17.7 Å². The molecule has 1 aromatic rings. The van der Waals surface area contributed by atoms with Crippen LogP contribution in [0.15, 0.2) is 30.3 Å². The largest absolute Gasteiger partial charge is 0.376 e. The van der Waals surface area contributed by atoms with Crippen molar-refractivity contribution in [3.8, 4) is 0 Å². The van der Waals surface area contributed by atoms with Crippen molar-refractivity contribution in [3.05, 3.63) is 30.3 Å². The molecule has 1 rings (SSSR count). The van der Waals surface area contributed by atoms with Gasteiger partial charge in [-0.25, -0.2) is 0 Å². The van der Waals surface area contributed by atoms with Crippen LogP contribution in [-0.2, 0) is 9.59 Å². The van der Waals surface area contributed by atoms with E-state index in [2.05, 4.69) is 10.6 Å². The fourth-order valence-corrected chi connectivity index (χ4v) is 1.04. The molecule has 0 unspecified atom stereocenters. The second-order valence-electron chi connectivity index (χ2n) is 2.82. The van der Waals surface area contributed by atoms with Crippen LogP contribution in [0, 0.1) is 0 Å². The number of hydrogen-bond acceptors (Lipinski definition) is 3. The van der Waals surface area contributed by atoms with Gasteiger partial charge in [-0.3, -0.25) is 14.9 Å². The molecular formula is C10H11ClN2O2. The standard InChI is InChI=1S/C10H11ClN2O2/c11-6-9(14)13-10(15)7-12-8-4-2-1-3-5-8/h1-5,12H,6-7H2,(H,13,14,15). The van der Waals surface area contributed by atoms with E-state index >= 15 is 0 Å². The number of carbonyl (C=O) groups excluding carboxylic acids is 2. The van der Waals surface area contributed by atoms with E-state index in [-0.39, 0.29) is 12.4 Å². The molecule has 80 valence electrons. The zero-order valence-corrected chi connectivity index (χ0v) is 8.75. The number of halogens is 1. The molecular weight excluding hydrogens is 216 g/mol. The van der Waals surface area contributed by atoms with Gasteiger partial charge in [-0.15, -0.1) is 11.6 Å². The van der Waals surface area contributed by atoms with Crippen LogP contribution in [0.3, 0.4) is 0 Å². The Hall–Kier alpha value is -1.55. The number of alkyl halides is 1. The summed E-state index contributed by atoms with van der Waals surface area (Å²) in [5.41, 5.74) is 0.825. The molecule has 15 heavy (non-hydrogen) atoms. The predicted molar refractivity (Wildman–Crippen MR) is 58.8 cm³/mol. The summed E-state index contributed by atoms with van der Waals surface area (Å²) in [4.78, 5) is 21.9. The van der Waals surface area contributed by atoms with Gasteiger partial charge in [-0.2, -0.15) is 0 Å². The van der Waals surface area contributed by atoms with Crippen LogP contribution in [0.2, 0.25) is 0 Å². The van der Waals surface area contributed by atoms with Crippen molar-refractivity contribution in [2.24, 2.45) is 0 Å². The first kappa shape index (κ1) is 11.5. The molecule has 1 aromatic carbocycles.